The van der Waals surface area contributed by atoms with Gasteiger partial charge in [-0.25, -0.2) is 9.37 Å². The van der Waals surface area contributed by atoms with Gasteiger partial charge in [-0.15, -0.1) is 13.2 Å². The normalized spacial score (nSPS) is 24.7. The van der Waals surface area contributed by atoms with Crippen LogP contribution in [0.15, 0.2) is 42.6 Å². The van der Waals surface area contributed by atoms with Gasteiger partial charge in [0, 0.05) is 76.3 Å². The Morgan fingerprint density at radius 3 is 2.35 bits per heavy atom. The summed E-state index contributed by atoms with van der Waals surface area (Å²) in [7, 11) is 0. The van der Waals surface area contributed by atoms with Crippen LogP contribution in [0, 0.1) is 40.3 Å². The molecule has 3 unspecified atom stereocenters. The number of aromatic nitrogens is 2. The van der Waals surface area contributed by atoms with Crippen LogP contribution < -0.4 is 30.9 Å². The van der Waals surface area contributed by atoms with Gasteiger partial charge >= 0.3 is 6.36 Å². The van der Waals surface area contributed by atoms with E-state index in [9.17, 15) is 47.2 Å². The van der Waals surface area contributed by atoms with E-state index < -0.39 is 41.9 Å². The van der Waals surface area contributed by atoms with Crippen LogP contribution in [0.3, 0.4) is 0 Å². The Morgan fingerprint density at radius 1 is 0.944 bits per heavy atom. The van der Waals surface area contributed by atoms with Crippen molar-refractivity contribution in [2.45, 2.75) is 96.1 Å². The zero-order chi connectivity index (χ0) is 50.9. The van der Waals surface area contributed by atoms with Crippen molar-refractivity contribution in [2.75, 3.05) is 67.9 Å². The highest BCUT2D eigenvalue weighted by Gasteiger charge is 2.46. The summed E-state index contributed by atoms with van der Waals surface area (Å²) in [5.41, 5.74) is 0.449. The topological polar surface area (TPSA) is 222 Å². The molecule has 3 atom stereocenters. The molecule has 4 aliphatic heterocycles. The molecule has 9 rings (SSSR count). The monoisotopic (exact) mass is 999 g/mol. The zero-order valence-corrected chi connectivity index (χ0v) is 39.9. The maximum absolute atomic E-state index is 15.5. The van der Waals surface area contributed by atoms with Crippen molar-refractivity contribution in [2.24, 2.45) is 23.2 Å². The Hall–Kier alpha value is -6.89. The summed E-state index contributed by atoms with van der Waals surface area (Å²) in [6.07, 6.45) is 3.49. The molecule has 6 aliphatic rings. The molecule has 5 heterocycles. The number of fused-ring (bicyclic) bond motifs is 1. The molecule has 0 bridgehead atoms. The Kier molecular flexibility index (Phi) is 14.4. The van der Waals surface area contributed by atoms with Crippen LogP contribution in [0.2, 0.25) is 0 Å². The molecule has 2 saturated carbocycles. The molecule has 382 valence electrons. The lowest BCUT2D eigenvalue weighted by molar-refractivity contribution is -0.274. The van der Waals surface area contributed by atoms with E-state index in [1.54, 1.807) is 20.8 Å². The Morgan fingerprint density at radius 2 is 1.67 bits per heavy atom. The number of nitriles is 1. The van der Waals surface area contributed by atoms with Crippen molar-refractivity contribution in [3.8, 4) is 11.8 Å². The van der Waals surface area contributed by atoms with Crippen molar-refractivity contribution >= 4 is 52.9 Å². The number of imide groups is 2. The molecular formula is C50H57F4N11O7. The SMILES string of the molecule is CC1CCC(CNc2nc(NCc3ccccc3OC(F)(F)F)ncc2C#N)(CC2CC(NCC(=O)N3CCC(C(=O)N4CCN(c5cc6c(cc5F)C(=O)N(C5CCC(=O)NC5=O)C6=O)CC4)CC3)C2)C1. The second-order valence-electron chi connectivity index (χ2n) is 20.2. The number of anilines is 3. The minimum atomic E-state index is -4.84. The molecule has 72 heavy (non-hydrogen) atoms. The van der Waals surface area contributed by atoms with E-state index in [0.29, 0.717) is 76.3 Å². The third-order valence-corrected chi connectivity index (χ3v) is 15.3. The maximum atomic E-state index is 15.5. The van der Waals surface area contributed by atoms with Gasteiger partial charge in [0.05, 0.1) is 29.6 Å². The fourth-order valence-electron chi connectivity index (χ4n) is 11.5. The fourth-order valence-corrected chi connectivity index (χ4v) is 11.5. The van der Waals surface area contributed by atoms with Crippen LogP contribution >= 0.6 is 0 Å². The second-order valence-corrected chi connectivity index (χ2v) is 20.2. The first-order valence-corrected chi connectivity index (χ1v) is 24.6. The summed E-state index contributed by atoms with van der Waals surface area (Å²) >= 11 is 0. The van der Waals surface area contributed by atoms with Gasteiger partial charge in [0.2, 0.25) is 29.6 Å². The number of amides is 6. The smallest absolute Gasteiger partial charge is 0.405 e. The van der Waals surface area contributed by atoms with Gasteiger partial charge in [-0.05, 0) is 86.8 Å². The van der Waals surface area contributed by atoms with Crippen molar-refractivity contribution in [1.29, 1.82) is 5.26 Å². The number of nitrogens with one attached hydrogen (secondary N) is 4. The van der Waals surface area contributed by atoms with Crippen molar-refractivity contribution < 1.29 is 51.1 Å². The van der Waals surface area contributed by atoms with Crippen LogP contribution in [-0.4, -0.2) is 131 Å². The summed E-state index contributed by atoms with van der Waals surface area (Å²) in [4.78, 5) is 92.4. The minimum Gasteiger partial charge on any atom is -0.405 e. The fraction of sp³-hybridized carbons (Fsp3) is 0.540. The zero-order valence-electron chi connectivity index (χ0n) is 39.9. The quantitative estimate of drug-likeness (QED) is 0.117. The van der Waals surface area contributed by atoms with Gasteiger partial charge in [0.1, 0.15) is 35.1 Å². The number of ether oxygens (including phenoxy) is 1. The number of piperazine rings is 1. The number of para-hydroxylation sites is 1. The summed E-state index contributed by atoms with van der Waals surface area (Å²) in [5, 5.41) is 21.8. The first-order chi connectivity index (χ1) is 34.5. The van der Waals surface area contributed by atoms with Crippen LogP contribution in [0.5, 0.6) is 5.75 Å². The third kappa shape index (κ3) is 10.9. The average molecular weight is 1000 g/mol. The molecule has 0 radical (unpaired) electrons. The largest absolute Gasteiger partial charge is 0.573 e. The number of nitrogens with zero attached hydrogens (tertiary/aromatic N) is 7. The maximum Gasteiger partial charge on any atom is 0.573 e. The molecule has 2 aromatic carbocycles. The molecule has 4 N–H and O–H groups in total. The summed E-state index contributed by atoms with van der Waals surface area (Å²) in [6, 6.07) is 9.32. The van der Waals surface area contributed by atoms with E-state index in [4.69, 9.17) is 0 Å². The number of benzene rings is 2. The minimum absolute atomic E-state index is 0.00843. The van der Waals surface area contributed by atoms with Crippen LogP contribution in [-0.2, 0) is 25.7 Å². The highest BCUT2D eigenvalue weighted by atomic mass is 19.4. The van der Waals surface area contributed by atoms with Gasteiger partial charge < -0.3 is 35.4 Å². The average Bonchev–Trinajstić information content (AvgIpc) is 3.83. The number of halogens is 4. The summed E-state index contributed by atoms with van der Waals surface area (Å²) in [6.45, 7) is 5.16. The highest BCUT2D eigenvalue weighted by Crippen LogP contribution is 2.49. The summed E-state index contributed by atoms with van der Waals surface area (Å²) < 4.78 is 58.6. The lowest BCUT2D eigenvalue weighted by Crippen LogP contribution is -2.54. The molecule has 1 aromatic heterocycles. The van der Waals surface area contributed by atoms with Gasteiger partial charge in [0.25, 0.3) is 11.8 Å². The lowest BCUT2D eigenvalue weighted by atomic mass is 9.68. The second kappa shape index (κ2) is 20.7. The Bertz CT molecular complexity index is 2660. The van der Waals surface area contributed by atoms with Gasteiger partial charge in [-0.1, -0.05) is 31.5 Å². The van der Waals surface area contributed by atoms with Gasteiger partial charge in [0.15, 0.2) is 0 Å². The lowest BCUT2D eigenvalue weighted by Gasteiger charge is -2.42. The van der Waals surface area contributed by atoms with Crippen molar-refractivity contribution in [1.82, 2.24) is 35.3 Å². The molecule has 5 fully saturated rings. The van der Waals surface area contributed by atoms with Crippen LogP contribution in [0.25, 0.3) is 0 Å². The molecule has 3 aromatic rings. The number of carbonyl (C=O) groups excluding carboxylic acids is 6. The van der Waals surface area contributed by atoms with Crippen LogP contribution in [0.4, 0.5) is 35.0 Å². The predicted molar refractivity (Wildman–Crippen MR) is 251 cm³/mol. The molecule has 3 saturated heterocycles. The highest BCUT2D eigenvalue weighted by molar-refractivity contribution is 6.23. The number of rotatable bonds is 15. The van der Waals surface area contributed by atoms with E-state index >= 15 is 4.39 Å². The molecule has 2 aliphatic carbocycles. The Labute approximate surface area is 413 Å². The van der Waals surface area contributed by atoms with E-state index in [-0.39, 0.29) is 94.8 Å². The number of hydrogen-bond acceptors (Lipinski definition) is 14. The van der Waals surface area contributed by atoms with Gasteiger partial charge in [-0.3, -0.25) is 39.0 Å². The number of carbonyl (C=O) groups is 6. The molecule has 22 heteroatoms. The molecule has 0 spiro atoms. The summed E-state index contributed by atoms with van der Waals surface area (Å²) in [5.74, 6) is -2.57. The van der Waals surface area contributed by atoms with E-state index in [0.717, 1.165) is 49.5 Å². The molecular weight excluding hydrogens is 943 g/mol. The van der Waals surface area contributed by atoms with E-state index in [1.165, 1.54) is 30.5 Å². The number of alkyl halides is 3. The van der Waals surface area contributed by atoms with E-state index in [1.807, 2.05) is 0 Å². The molecule has 18 nitrogen and oxygen atoms in total. The molecule has 6 amide bonds. The van der Waals surface area contributed by atoms with Crippen molar-refractivity contribution in [3.05, 3.63) is 70.7 Å². The van der Waals surface area contributed by atoms with E-state index in [2.05, 4.69) is 49.0 Å². The number of hydrogen-bond donors (Lipinski definition) is 4. The number of likely N-dealkylation sites (tertiary alicyclic amines) is 1. The predicted octanol–water partition coefficient (Wildman–Crippen LogP) is 4.96. The first-order valence-electron chi connectivity index (χ1n) is 24.6. The first kappa shape index (κ1) is 50.1. The van der Waals surface area contributed by atoms with Crippen LogP contribution in [0.1, 0.15) is 103 Å². The third-order valence-electron chi connectivity index (χ3n) is 15.3. The standard InChI is InChI=1S/C50H57F4N11O7/c1-29-8-11-49(22-29,28-59-43-33(24-55)26-58-48(61-43)57-25-32-4-2-3-5-40(32)72-50(52,53)54)23-30-18-34(19-30)56-27-42(67)63-12-9-31(10-13-63)45(69)64-16-14-62(15-17-64)39-21-36-35(20-37(39)51)46(70)65(47(36)71)38-6-7-41(66)60-44(38)68/h2-5,20-21,26,29-31,34,38,56H,6-19,22-23,25,27-28H2,1H3,(H,60,66,68)(H2,57,58,59,61). The Balaban J connectivity index is 0.699. The van der Waals surface area contributed by atoms with Gasteiger partial charge in [-0.2, -0.15) is 10.2 Å². The number of piperidine rings is 2. The van der Waals surface area contributed by atoms with Crippen molar-refractivity contribution in [3.63, 3.8) is 0 Å².